The van der Waals surface area contributed by atoms with E-state index in [2.05, 4.69) is 0 Å². The Kier molecular flexibility index (Phi) is 9.28. The van der Waals surface area contributed by atoms with Crippen LogP contribution in [0.15, 0.2) is 0 Å². The minimum Gasteiger partial charge on any atom is -0.400 e. The molecule has 0 saturated carbocycles. The zero-order valence-corrected chi connectivity index (χ0v) is 20.8. The SMILES string of the molecule is CC(C)(C)C(=O)OC(OC(=O)C(C)(C)C)OC(OC(=O)C(C)(C)C)OC(=O)C(C)(C)C. The van der Waals surface area contributed by atoms with E-state index in [1.807, 2.05) is 0 Å². The van der Waals surface area contributed by atoms with Gasteiger partial charge in [-0.05, 0) is 83.1 Å². The summed E-state index contributed by atoms with van der Waals surface area (Å²) in [6.07, 6.45) is 0. The molecular weight excluding hydrogens is 408 g/mol. The van der Waals surface area contributed by atoms with Crippen LogP contribution in [0, 0.1) is 21.7 Å². The molecule has 0 bridgehead atoms. The maximum Gasteiger partial charge on any atom is 0.370 e. The summed E-state index contributed by atoms with van der Waals surface area (Å²) in [5, 5.41) is 0. The summed E-state index contributed by atoms with van der Waals surface area (Å²) in [5.41, 5.74) is -3.80. The Hall–Kier alpha value is -2.16. The third kappa shape index (κ3) is 10.6. The van der Waals surface area contributed by atoms with E-state index < -0.39 is 58.5 Å². The maximum absolute atomic E-state index is 12.3. The summed E-state index contributed by atoms with van der Waals surface area (Å²) in [4.78, 5) is 49.4. The van der Waals surface area contributed by atoms with Crippen LogP contribution < -0.4 is 0 Å². The summed E-state index contributed by atoms with van der Waals surface area (Å²) in [5.74, 6) is -2.99. The van der Waals surface area contributed by atoms with Crippen LogP contribution >= 0.6 is 0 Å². The first-order valence-corrected chi connectivity index (χ1v) is 10.0. The number of ether oxygens (including phenoxy) is 5. The number of carbonyl (C=O) groups is 4. The lowest BCUT2D eigenvalue weighted by Crippen LogP contribution is -2.42. The second kappa shape index (κ2) is 9.97. The van der Waals surface area contributed by atoms with Crippen molar-refractivity contribution in [2.24, 2.45) is 21.7 Å². The molecule has 0 heterocycles. The Morgan fingerprint density at radius 3 is 0.710 bits per heavy atom. The summed E-state index contributed by atoms with van der Waals surface area (Å²) in [7, 11) is 0. The molecule has 0 amide bonds. The average Bonchev–Trinajstić information content (AvgIpc) is 2.50. The van der Waals surface area contributed by atoms with Crippen molar-refractivity contribution in [2.75, 3.05) is 0 Å². The van der Waals surface area contributed by atoms with Gasteiger partial charge in [0.15, 0.2) is 0 Å². The van der Waals surface area contributed by atoms with E-state index in [4.69, 9.17) is 23.7 Å². The number of hydrogen-bond donors (Lipinski definition) is 0. The molecule has 0 radical (unpaired) electrons. The predicted molar refractivity (Wildman–Crippen MR) is 111 cm³/mol. The summed E-state index contributed by atoms with van der Waals surface area (Å²) in [6.45, 7) is 15.3. The first kappa shape index (κ1) is 28.8. The summed E-state index contributed by atoms with van der Waals surface area (Å²) in [6, 6.07) is 0. The third-order valence-corrected chi connectivity index (χ3v) is 3.48. The van der Waals surface area contributed by atoms with Crippen LogP contribution in [0.2, 0.25) is 0 Å². The molecule has 0 aromatic carbocycles. The summed E-state index contributed by atoms with van der Waals surface area (Å²) < 4.78 is 26.0. The first-order valence-electron chi connectivity index (χ1n) is 10.0. The fourth-order valence-corrected chi connectivity index (χ4v) is 1.31. The van der Waals surface area contributed by atoms with Crippen molar-refractivity contribution in [3.8, 4) is 0 Å². The molecule has 0 aromatic rings. The van der Waals surface area contributed by atoms with E-state index in [1.54, 1.807) is 83.1 Å². The maximum atomic E-state index is 12.3. The van der Waals surface area contributed by atoms with Crippen LogP contribution in [0.25, 0.3) is 0 Å². The van der Waals surface area contributed by atoms with Crippen molar-refractivity contribution in [3.05, 3.63) is 0 Å². The number of rotatable bonds is 6. The van der Waals surface area contributed by atoms with E-state index in [0.29, 0.717) is 0 Å². The number of carbonyl (C=O) groups excluding carboxylic acids is 4. The highest BCUT2D eigenvalue weighted by Gasteiger charge is 2.38. The van der Waals surface area contributed by atoms with Crippen LogP contribution in [-0.2, 0) is 42.9 Å². The first-order chi connectivity index (χ1) is 13.5. The van der Waals surface area contributed by atoms with Gasteiger partial charge in [0.1, 0.15) is 0 Å². The zero-order chi connectivity index (χ0) is 25.0. The molecule has 0 N–H and O–H groups in total. The number of hydrogen-bond acceptors (Lipinski definition) is 9. The standard InChI is InChI=1S/C22H38O9/c1-19(2,3)13(23)27-17(28-14(24)20(4,5)6)31-18(29-15(25)21(7,8)9)30-16(26)22(10,11)12/h17-18H,1-12H3. The third-order valence-electron chi connectivity index (χ3n) is 3.48. The van der Waals surface area contributed by atoms with Gasteiger partial charge < -0.3 is 18.9 Å². The molecule has 0 atom stereocenters. The normalized spacial score (nSPS) is 13.1. The van der Waals surface area contributed by atoms with E-state index in [1.165, 1.54) is 0 Å². The van der Waals surface area contributed by atoms with Crippen molar-refractivity contribution >= 4 is 23.9 Å². The van der Waals surface area contributed by atoms with Crippen molar-refractivity contribution < 1.29 is 42.9 Å². The molecule has 180 valence electrons. The molecule has 31 heavy (non-hydrogen) atoms. The molecule has 0 unspecified atom stereocenters. The topological polar surface area (TPSA) is 114 Å². The molecule has 0 aliphatic rings. The highest BCUT2D eigenvalue weighted by molar-refractivity contribution is 5.78. The Labute approximate surface area is 185 Å². The smallest absolute Gasteiger partial charge is 0.370 e. The minimum atomic E-state index is -1.91. The molecule has 9 heteroatoms. The Balaban J connectivity index is 5.84. The van der Waals surface area contributed by atoms with Crippen LogP contribution in [0.1, 0.15) is 83.1 Å². The molecule has 0 aliphatic carbocycles. The van der Waals surface area contributed by atoms with Crippen LogP contribution in [0.4, 0.5) is 0 Å². The van der Waals surface area contributed by atoms with Gasteiger partial charge >= 0.3 is 36.8 Å². The van der Waals surface area contributed by atoms with Crippen LogP contribution in [-0.4, -0.2) is 36.8 Å². The van der Waals surface area contributed by atoms with Crippen LogP contribution in [0.3, 0.4) is 0 Å². The molecular formula is C22H38O9. The lowest BCUT2D eigenvalue weighted by molar-refractivity contribution is -0.365. The van der Waals surface area contributed by atoms with E-state index >= 15 is 0 Å². The lowest BCUT2D eigenvalue weighted by Gasteiger charge is -2.30. The fourth-order valence-electron chi connectivity index (χ4n) is 1.31. The van der Waals surface area contributed by atoms with Gasteiger partial charge in [-0.2, -0.15) is 0 Å². The van der Waals surface area contributed by atoms with Gasteiger partial charge in [-0.1, -0.05) is 0 Å². The Morgan fingerprint density at radius 1 is 0.419 bits per heavy atom. The Bertz CT molecular complexity index is 553. The zero-order valence-electron chi connectivity index (χ0n) is 20.8. The largest absolute Gasteiger partial charge is 0.400 e. The molecule has 0 fully saturated rings. The van der Waals surface area contributed by atoms with Crippen molar-refractivity contribution in [1.82, 2.24) is 0 Å². The molecule has 0 aromatic heterocycles. The van der Waals surface area contributed by atoms with Crippen molar-refractivity contribution in [3.63, 3.8) is 0 Å². The second-order valence-corrected chi connectivity index (χ2v) is 11.3. The predicted octanol–water partition coefficient (Wildman–Crippen LogP) is 3.93. The molecule has 0 rings (SSSR count). The summed E-state index contributed by atoms with van der Waals surface area (Å²) >= 11 is 0. The van der Waals surface area contributed by atoms with Gasteiger partial charge in [0.25, 0.3) is 0 Å². The van der Waals surface area contributed by atoms with Gasteiger partial charge in [0.05, 0.1) is 21.7 Å². The average molecular weight is 447 g/mol. The van der Waals surface area contributed by atoms with E-state index in [9.17, 15) is 19.2 Å². The second-order valence-electron chi connectivity index (χ2n) is 11.3. The van der Waals surface area contributed by atoms with Gasteiger partial charge in [-0.3, -0.25) is 19.2 Å². The minimum absolute atomic E-state index is 0.748. The van der Waals surface area contributed by atoms with Crippen molar-refractivity contribution in [2.45, 2.75) is 96.0 Å². The molecule has 0 saturated heterocycles. The quantitative estimate of drug-likeness (QED) is 0.442. The fraction of sp³-hybridized carbons (Fsp3) is 0.818. The highest BCUT2D eigenvalue weighted by atomic mass is 17.0. The lowest BCUT2D eigenvalue weighted by atomic mass is 9.97. The molecule has 0 aliphatic heterocycles. The highest BCUT2D eigenvalue weighted by Crippen LogP contribution is 2.24. The monoisotopic (exact) mass is 446 g/mol. The van der Waals surface area contributed by atoms with Gasteiger partial charge in [0, 0.05) is 0 Å². The van der Waals surface area contributed by atoms with E-state index in [0.717, 1.165) is 0 Å². The Morgan fingerprint density at radius 2 is 0.581 bits per heavy atom. The van der Waals surface area contributed by atoms with Crippen molar-refractivity contribution in [1.29, 1.82) is 0 Å². The molecule has 0 spiro atoms. The van der Waals surface area contributed by atoms with Gasteiger partial charge in [-0.15, -0.1) is 0 Å². The van der Waals surface area contributed by atoms with E-state index in [-0.39, 0.29) is 0 Å². The van der Waals surface area contributed by atoms with Gasteiger partial charge in [-0.25, -0.2) is 4.74 Å². The number of esters is 4. The van der Waals surface area contributed by atoms with Gasteiger partial charge in [0.2, 0.25) is 0 Å². The van der Waals surface area contributed by atoms with Crippen LogP contribution in [0.5, 0.6) is 0 Å². The molecule has 9 nitrogen and oxygen atoms in total.